The van der Waals surface area contributed by atoms with Crippen molar-refractivity contribution in [2.75, 3.05) is 20.3 Å². The second-order valence-electron chi connectivity index (χ2n) is 4.99. The van der Waals surface area contributed by atoms with Crippen molar-refractivity contribution in [3.05, 3.63) is 18.2 Å². The van der Waals surface area contributed by atoms with E-state index in [1.807, 2.05) is 6.92 Å². The molecule has 1 aromatic rings. The van der Waals surface area contributed by atoms with Crippen molar-refractivity contribution >= 4 is 9.84 Å². The van der Waals surface area contributed by atoms with Crippen molar-refractivity contribution in [1.29, 1.82) is 0 Å². The summed E-state index contributed by atoms with van der Waals surface area (Å²) in [7, 11) is -1.64. The first-order valence-corrected chi connectivity index (χ1v) is 8.32. The molecule has 0 aromatic heterocycles. The molecule has 0 aliphatic carbocycles. The van der Waals surface area contributed by atoms with Gasteiger partial charge in [-0.1, -0.05) is 0 Å². The zero-order chi connectivity index (χ0) is 14.8. The molecule has 1 aliphatic rings. The van der Waals surface area contributed by atoms with E-state index in [0.717, 1.165) is 6.42 Å². The molecule has 1 aromatic carbocycles. The Morgan fingerprint density at radius 1 is 1.15 bits per heavy atom. The predicted octanol–water partition coefficient (Wildman–Crippen LogP) is 1.62. The van der Waals surface area contributed by atoms with Crippen molar-refractivity contribution in [2.24, 2.45) is 0 Å². The van der Waals surface area contributed by atoms with Gasteiger partial charge < -0.3 is 14.8 Å². The van der Waals surface area contributed by atoms with E-state index in [1.165, 1.54) is 0 Å². The van der Waals surface area contributed by atoms with Crippen LogP contribution in [0, 0.1) is 0 Å². The number of sulfone groups is 1. The second kappa shape index (κ2) is 6.01. The van der Waals surface area contributed by atoms with Crippen molar-refractivity contribution < 1.29 is 17.9 Å². The van der Waals surface area contributed by atoms with Gasteiger partial charge in [0.05, 0.1) is 23.4 Å². The van der Waals surface area contributed by atoms with Crippen LogP contribution in [0.25, 0.3) is 0 Å². The van der Waals surface area contributed by atoms with Gasteiger partial charge in [-0.05, 0) is 33.0 Å². The summed E-state index contributed by atoms with van der Waals surface area (Å²) in [6, 6.07) is 4.69. The summed E-state index contributed by atoms with van der Waals surface area (Å²) < 4.78 is 36.2. The summed E-state index contributed by atoms with van der Waals surface area (Å²) in [5.74, 6) is 1.11. The molecule has 5 nitrogen and oxygen atoms in total. The Labute approximate surface area is 120 Å². The lowest BCUT2D eigenvalue weighted by Crippen LogP contribution is -2.38. The quantitative estimate of drug-likeness (QED) is 0.915. The van der Waals surface area contributed by atoms with Crippen LogP contribution in [-0.2, 0) is 9.84 Å². The minimum atomic E-state index is -3.39. The van der Waals surface area contributed by atoms with E-state index in [9.17, 15) is 8.42 Å². The first-order valence-electron chi connectivity index (χ1n) is 6.77. The Bertz CT molecular complexity index is 571. The number of benzene rings is 1. The standard InChI is InChI=1S/C14H21NO4S/c1-10(15-3)11(2)20(16,17)12-5-6-13-14(9-12)19-8-4-7-18-13/h5-6,9-11,15H,4,7-8H2,1-3H3. The zero-order valence-electron chi connectivity index (χ0n) is 12.0. The molecule has 0 saturated heterocycles. The second-order valence-corrected chi connectivity index (χ2v) is 7.29. The zero-order valence-corrected chi connectivity index (χ0v) is 12.9. The van der Waals surface area contributed by atoms with Crippen molar-refractivity contribution in [3.63, 3.8) is 0 Å². The average Bonchev–Trinajstić information content (AvgIpc) is 2.69. The van der Waals surface area contributed by atoms with Crippen molar-refractivity contribution in [3.8, 4) is 11.5 Å². The Kier molecular flexibility index (Phi) is 4.55. The van der Waals surface area contributed by atoms with E-state index in [0.29, 0.717) is 24.7 Å². The largest absolute Gasteiger partial charge is 0.490 e. The molecule has 20 heavy (non-hydrogen) atoms. The Morgan fingerprint density at radius 2 is 1.80 bits per heavy atom. The lowest BCUT2D eigenvalue weighted by molar-refractivity contribution is 0.297. The monoisotopic (exact) mass is 299 g/mol. The molecule has 0 saturated carbocycles. The summed E-state index contributed by atoms with van der Waals surface area (Å²) in [4.78, 5) is 0.274. The molecule has 0 fully saturated rings. The molecule has 2 atom stereocenters. The summed E-state index contributed by atoms with van der Waals surface area (Å²) in [6.07, 6.45) is 0.796. The number of fused-ring (bicyclic) bond motifs is 1. The first-order chi connectivity index (χ1) is 9.46. The Hall–Kier alpha value is -1.27. The molecule has 0 spiro atoms. The first kappa shape index (κ1) is 15.1. The maximum atomic E-state index is 12.6. The van der Waals surface area contributed by atoms with Gasteiger partial charge >= 0.3 is 0 Å². The van der Waals surface area contributed by atoms with Gasteiger partial charge in [-0.3, -0.25) is 0 Å². The number of hydrogen-bond acceptors (Lipinski definition) is 5. The van der Waals surface area contributed by atoms with Gasteiger partial charge in [0.2, 0.25) is 0 Å². The van der Waals surface area contributed by atoms with E-state index >= 15 is 0 Å². The van der Waals surface area contributed by atoms with Gasteiger partial charge in [-0.2, -0.15) is 0 Å². The maximum Gasteiger partial charge on any atom is 0.182 e. The minimum Gasteiger partial charge on any atom is -0.490 e. The van der Waals surface area contributed by atoms with Gasteiger partial charge in [-0.25, -0.2) is 8.42 Å². The molecule has 2 rings (SSSR count). The van der Waals surface area contributed by atoms with E-state index < -0.39 is 15.1 Å². The van der Waals surface area contributed by atoms with Crippen LogP contribution >= 0.6 is 0 Å². The van der Waals surface area contributed by atoms with Gasteiger partial charge in [0.1, 0.15) is 0 Å². The summed E-state index contributed by atoms with van der Waals surface area (Å²) in [6.45, 7) is 4.69. The Morgan fingerprint density at radius 3 is 2.45 bits per heavy atom. The van der Waals surface area contributed by atoms with E-state index in [-0.39, 0.29) is 10.9 Å². The molecule has 0 amide bonds. The van der Waals surface area contributed by atoms with Gasteiger partial charge in [-0.15, -0.1) is 0 Å². The van der Waals surface area contributed by atoms with Crippen LogP contribution < -0.4 is 14.8 Å². The fraction of sp³-hybridized carbons (Fsp3) is 0.571. The lowest BCUT2D eigenvalue weighted by atomic mass is 10.3. The molecule has 0 radical (unpaired) electrons. The molecule has 112 valence electrons. The van der Waals surface area contributed by atoms with E-state index in [2.05, 4.69) is 5.32 Å². The molecule has 1 N–H and O–H groups in total. The highest BCUT2D eigenvalue weighted by molar-refractivity contribution is 7.92. The van der Waals surface area contributed by atoms with Gasteiger partial charge in [0, 0.05) is 18.5 Å². The predicted molar refractivity (Wildman–Crippen MR) is 77.2 cm³/mol. The summed E-state index contributed by atoms with van der Waals surface area (Å²) in [5, 5.41) is 2.46. The van der Waals surface area contributed by atoms with Crippen LogP contribution in [0.4, 0.5) is 0 Å². The third kappa shape index (κ3) is 2.91. The van der Waals surface area contributed by atoms with Crippen molar-refractivity contribution in [2.45, 2.75) is 36.5 Å². The summed E-state index contributed by atoms with van der Waals surface area (Å²) >= 11 is 0. The molecule has 1 heterocycles. The Balaban J connectivity index is 2.35. The van der Waals surface area contributed by atoms with Crippen LogP contribution in [0.15, 0.2) is 23.1 Å². The van der Waals surface area contributed by atoms with Crippen LogP contribution in [0.1, 0.15) is 20.3 Å². The fourth-order valence-electron chi connectivity index (χ4n) is 2.04. The lowest BCUT2D eigenvalue weighted by Gasteiger charge is -2.20. The van der Waals surface area contributed by atoms with Crippen LogP contribution in [0.3, 0.4) is 0 Å². The molecule has 1 aliphatic heterocycles. The third-order valence-corrected chi connectivity index (χ3v) is 5.99. The van der Waals surface area contributed by atoms with Crippen LogP contribution in [0.5, 0.6) is 11.5 Å². The SMILES string of the molecule is CNC(C)C(C)S(=O)(=O)c1ccc2c(c1)OCCCO2. The van der Waals surface area contributed by atoms with E-state index in [4.69, 9.17) is 9.47 Å². The number of hydrogen-bond donors (Lipinski definition) is 1. The van der Waals surface area contributed by atoms with E-state index in [1.54, 1.807) is 32.2 Å². The molecule has 6 heteroatoms. The molecular formula is C14H21NO4S. The molecule has 2 unspecified atom stereocenters. The molecule has 0 bridgehead atoms. The smallest absolute Gasteiger partial charge is 0.182 e. The number of rotatable bonds is 4. The third-order valence-electron chi connectivity index (χ3n) is 3.70. The van der Waals surface area contributed by atoms with Gasteiger partial charge in [0.15, 0.2) is 21.3 Å². The number of nitrogens with one attached hydrogen (secondary N) is 1. The maximum absolute atomic E-state index is 12.6. The van der Waals surface area contributed by atoms with Crippen LogP contribution in [0.2, 0.25) is 0 Å². The topological polar surface area (TPSA) is 64.6 Å². The highest BCUT2D eigenvalue weighted by Gasteiger charge is 2.28. The van der Waals surface area contributed by atoms with Crippen molar-refractivity contribution in [1.82, 2.24) is 5.32 Å². The summed E-state index contributed by atoms with van der Waals surface area (Å²) in [5.41, 5.74) is 0. The van der Waals surface area contributed by atoms with Crippen LogP contribution in [-0.4, -0.2) is 40.0 Å². The molecular weight excluding hydrogens is 278 g/mol. The van der Waals surface area contributed by atoms with Gasteiger partial charge in [0.25, 0.3) is 0 Å². The normalized spacial score (nSPS) is 18.1. The average molecular weight is 299 g/mol. The highest BCUT2D eigenvalue weighted by atomic mass is 32.2. The minimum absolute atomic E-state index is 0.129. The number of ether oxygens (including phenoxy) is 2. The fourth-order valence-corrected chi connectivity index (χ4v) is 3.67. The highest BCUT2D eigenvalue weighted by Crippen LogP contribution is 2.33.